The van der Waals surface area contributed by atoms with Gasteiger partial charge in [-0.05, 0) is 79.1 Å². The molecule has 4 nitrogen and oxygen atoms in total. The molecule has 1 unspecified atom stereocenters. The van der Waals surface area contributed by atoms with Gasteiger partial charge in [0.15, 0.2) is 0 Å². The molecule has 1 atom stereocenters. The van der Waals surface area contributed by atoms with Crippen LogP contribution in [0.5, 0.6) is 5.75 Å². The SMILES string of the molecule is COc1ccc(Cc2cc3c(c(C)c2C)CN(C2CCCOC2)C3=O)cc1. The summed E-state index contributed by atoms with van der Waals surface area (Å²) in [5.74, 6) is 1.03. The summed E-state index contributed by atoms with van der Waals surface area (Å²) in [7, 11) is 1.68. The van der Waals surface area contributed by atoms with Crippen LogP contribution < -0.4 is 4.74 Å². The number of fused-ring (bicyclic) bond motifs is 1. The zero-order valence-electron chi connectivity index (χ0n) is 16.4. The number of rotatable bonds is 4. The van der Waals surface area contributed by atoms with E-state index in [-0.39, 0.29) is 11.9 Å². The molecular weight excluding hydrogens is 338 g/mol. The van der Waals surface area contributed by atoms with Crippen LogP contribution in [0.25, 0.3) is 0 Å². The second kappa shape index (κ2) is 7.35. The van der Waals surface area contributed by atoms with Gasteiger partial charge in [0, 0.05) is 18.7 Å². The van der Waals surface area contributed by atoms with E-state index in [0.717, 1.165) is 43.7 Å². The van der Waals surface area contributed by atoms with Crippen LogP contribution in [0.3, 0.4) is 0 Å². The lowest BCUT2D eigenvalue weighted by Crippen LogP contribution is -2.41. The summed E-state index contributed by atoms with van der Waals surface area (Å²) in [6.45, 7) is 6.52. The predicted molar refractivity (Wildman–Crippen MR) is 105 cm³/mol. The van der Waals surface area contributed by atoms with Crippen molar-refractivity contribution >= 4 is 5.91 Å². The third-order valence-corrected chi connectivity index (χ3v) is 6.09. The first-order valence-corrected chi connectivity index (χ1v) is 9.72. The summed E-state index contributed by atoms with van der Waals surface area (Å²) in [5.41, 5.74) is 7.07. The van der Waals surface area contributed by atoms with Gasteiger partial charge in [0.25, 0.3) is 5.91 Å². The average molecular weight is 365 g/mol. The van der Waals surface area contributed by atoms with Crippen LogP contribution in [0.15, 0.2) is 30.3 Å². The van der Waals surface area contributed by atoms with E-state index in [1.165, 1.54) is 27.8 Å². The Balaban J connectivity index is 1.62. The summed E-state index contributed by atoms with van der Waals surface area (Å²) in [5, 5.41) is 0. The van der Waals surface area contributed by atoms with E-state index in [9.17, 15) is 4.79 Å². The highest BCUT2D eigenvalue weighted by Crippen LogP contribution is 2.33. The molecule has 1 fully saturated rings. The van der Waals surface area contributed by atoms with Crippen LogP contribution in [0.4, 0.5) is 0 Å². The number of hydrogen-bond acceptors (Lipinski definition) is 3. The van der Waals surface area contributed by atoms with Gasteiger partial charge >= 0.3 is 0 Å². The Labute approximate surface area is 161 Å². The molecule has 1 amide bonds. The van der Waals surface area contributed by atoms with Crippen molar-refractivity contribution in [2.45, 2.75) is 45.7 Å². The van der Waals surface area contributed by atoms with Crippen molar-refractivity contribution in [3.8, 4) is 5.75 Å². The van der Waals surface area contributed by atoms with E-state index in [1.807, 2.05) is 17.0 Å². The second-order valence-electron chi connectivity index (χ2n) is 7.64. The molecular formula is C23H27NO3. The highest BCUT2D eigenvalue weighted by molar-refractivity contribution is 5.99. The Morgan fingerprint density at radius 2 is 1.96 bits per heavy atom. The number of carbonyl (C=O) groups excluding carboxylic acids is 1. The predicted octanol–water partition coefficient (Wildman–Crippen LogP) is 4.04. The summed E-state index contributed by atoms with van der Waals surface area (Å²) in [4.78, 5) is 15.1. The Morgan fingerprint density at radius 1 is 1.19 bits per heavy atom. The van der Waals surface area contributed by atoms with Crippen LogP contribution in [0, 0.1) is 13.8 Å². The molecule has 2 aromatic rings. The van der Waals surface area contributed by atoms with E-state index in [4.69, 9.17) is 9.47 Å². The maximum absolute atomic E-state index is 13.1. The number of methoxy groups -OCH3 is 1. The molecule has 2 aliphatic rings. The van der Waals surface area contributed by atoms with Crippen LogP contribution in [0.2, 0.25) is 0 Å². The Kier molecular flexibility index (Phi) is 4.92. The fraction of sp³-hybridized carbons (Fsp3) is 0.435. The number of amides is 1. The minimum absolute atomic E-state index is 0.166. The van der Waals surface area contributed by atoms with Crippen molar-refractivity contribution in [3.63, 3.8) is 0 Å². The Morgan fingerprint density at radius 3 is 2.63 bits per heavy atom. The average Bonchev–Trinajstić information content (AvgIpc) is 3.04. The summed E-state index contributed by atoms with van der Waals surface area (Å²) < 4.78 is 10.9. The van der Waals surface area contributed by atoms with Crippen LogP contribution in [-0.4, -0.2) is 37.2 Å². The van der Waals surface area contributed by atoms with Crippen molar-refractivity contribution in [2.24, 2.45) is 0 Å². The molecule has 0 aliphatic carbocycles. The highest BCUT2D eigenvalue weighted by atomic mass is 16.5. The number of nitrogens with zero attached hydrogens (tertiary/aromatic N) is 1. The normalized spacial score (nSPS) is 19.3. The number of ether oxygens (including phenoxy) is 2. The maximum atomic E-state index is 13.1. The van der Waals surface area contributed by atoms with Crippen LogP contribution in [-0.2, 0) is 17.7 Å². The van der Waals surface area contributed by atoms with E-state index < -0.39 is 0 Å². The number of hydrogen-bond donors (Lipinski definition) is 0. The quantitative estimate of drug-likeness (QED) is 0.821. The Hall–Kier alpha value is -2.33. The summed E-state index contributed by atoms with van der Waals surface area (Å²) >= 11 is 0. The first kappa shape index (κ1) is 18.1. The molecule has 4 heteroatoms. The first-order chi connectivity index (χ1) is 13.1. The van der Waals surface area contributed by atoms with Gasteiger partial charge in [0.1, 0.15) is 5.75 Å². The molecule has 0 aromatic heterocycles. The van der Waals surface area contributed by atoms with E-state index in [0.29, 0.717) is 6.61 Å². The third kappa shape index (κ3) is 3.34. The van der Waals surface area contributed by atoms with Crippen molar-refractivity contribution in [1.82, 2.24) is 4.90 Å². The van der Waals surface area contributed by atoms with Crippen molar-refractivity contribution < 1.29 is 14.3 Å². The number of benzene rings is 2. The van der Waals surface area contributed by atoms with Gasteiger partial charge in [-0.2, -0.15) is 0 Å². The highest BCUT2D eigenvalue weighted by Gasteiger charge is 2.35. The lowest BCUT2D eigenvalue weighted by Gasteiger charge is -2.30. The second-order valence-corrected chi connectivity index (χ2v) is 7.64. The van der Waals surface area contributed by atoms with Gasteiger partial charge in [-0.1, -0.05) is 12.1 Å². The molecule has 2 aromatic carbocycles. The minimum atomic E-state index is 0.166. The van der Waals surface area contributed by atoms with Gasteiger partial charge in [0.05, 0.1) is 19.8 Å². The summed E-state index contributed by atoms with van der Waals surface area (Å²) in [6, 6.07) is 10.5. The molecule has 0 saturated carbocycles. The summed E-state index contributed by atoms with van der Waals surface area (Å²) in [6.07, 6.45) is 2.89. The molecule has 27 heavy (non-hydrogen) atoms. The molecule has 2 aliphatic heterocycles. The molecule has 142 valence electrons. The fourth-order valence-corrected chi connectivity index (χ4v) is 4.24. The molecule has 0 N–H and O–H groups in total. The largest absolute Gasteiger partial charge is 0.497 e. The third-order valence-electron chi connectivity index (χ3n) is 6.09. The number of carbonyl (C=O) groups is 1. The monoisotopic (exact) mass is 365 g/mol. The lowest BCUT2D eigenvalue weighted by molar-refractivity contribution is 0.0179. The minimum Gasteiger partial charge on any atom is -0.497 e. The fourth-order valence-electron chi connectivity index (χ4n) is 4.24. The van der Waals surface area contributed by atoms with Gasteiger partial charge < -0.3 is 14.4 Å². The topological polar surface area (TPSA) is 38.8 Å². The maximum Gasteiger partial charge on any atom is 0.254 e. The van der Waals surface area contributed by atoms with Crippen molar-refractivity contribution in [3.05, 3.63) is 63.7 Å². The van der Waals surface area contributed by atoms with E-state index >= 15 is 0 Å². The zero-order valence-corrected chi connectivity index (χ0v) is 16.4. The van der Waals surface area contributed by atoms with Crippen molar-refractivity contribution in [2.75, 3.05) is 20.3 Å². The molecule has 1 saturated heterocycles. The molecule has 4 rings (SSSR count). The molecule has 0 bridgehead atoms. The Bertz CT molecular complexity index is 851. The van der Waals surface area contributed by atoms with Gasteiger partial charge in [-0.25, -0.2) is 0 Å². The van der Waals surface area contributed by atoms with Crippen LogP contribution in [0.1, 0.15) is 51.0 Å². The van der Waals surface area contributed by atoms with Crippen molar-refractivity contribution in [1.29, 1.82) is 0 Å². The zero-order chi connectivity index (χ0) is 19.0. The standard InChI is InChI=1S/C23H27NO3/c1-15-16(2)22-13-24(19-5-4-10-27-14-19)23(25)21(22)12-18(15)11-17-6-8-20(26-3)9-7-17/h6-9,12,19H,4-5,10-11,13-14H2,1-3H3. The molecule has 2 heterocycles. The van der Waals surface area contributed by atoms with E-state index in [2.05, 4.69) is 32.0 Å². The van der Waals surface area contributed by atoms with Crippen LogP contribution >= 0.6 is 0 Å². The smallest absolute Gasteiger partial charge is 0.254 e. The van der Waals surface area contributed by atoms with Gasteiger partial charge in [-0.15, -0.1) is 0 Å². The van der Waals surface area contributed by atoms with E-state index in [1.54, 1.807) is 7.11 Å². The first-order valence-electron chi connectivity index (χ1n) is 9.72. The van der Waals surface area contributed by atoms with Gasteiger partial charge in [-0.3, -0.25) is 4.79 Å². The lowest BCUT2D eigenvalue weighted by atomic mass is 9.91. The molecule has 0 radical (unpaired) electrons. The van der Waals surface area contributed by atoms with Gasteiger partial charge in [0.2, 0.25) is 0 Å². The molecule has 0 spiro atoms.